The molecule has 8 heteroatoms. The second-order valence-corrected chi connectivity index (χ2v) is 7.63. The lowest BCUT2D eigenvalue weighted by molar-refractivity contribution is -0.137. The molecule has 0 bridgehead atoms. The van der Waals surface area contributed by atoms with Crippen LogP contribution in [0.1, 0.15) is 33.3 Å². The molecule has 0 aliphatic rings. The summed E-state index contributed by atoms with van der Waals surface area (Å²) in [6.45, 7) is 4.55. The quantitative estimate of drug-likeness (QED) is 0.802. The molecular formula is C12H12BrF3N2S2. The van der Waals surface area contributed by atoms with Crippen LogP contribution in [0, 0.1) is 6.92 Å². The van der Waals surface area contributed by atoms with Crippen molar-refractivity contribution in [3.63, 3.8) is 0 Å². The van der Waals surface area contributed by atoms with E-state index >= 15 is 0 Å². The normalized spacial score (nSPS) is 13.7. The van der Waals surface area contributed by atoms with E-state index in [9.17, 15) is 13.2 Å². The number of hydrogen-bond acceptors (Lipinski definition) is 4. The maximum Gasteiger partial charge on any atom is 0.443 e. The van der Waals surface area contributed by atoms with Crippen molar-refractivity contribution in [3.8, 4) is 0 Å². The number of alkyl halides is 3. The number of rotatable bonds is 4. The lowest BCUT2D eigenvalue weighted by Gasteiger charge is -2.14. The monoisotopic (exact) mass is 384 g/mol. The molecule has 0 aliphatic carbocycles. The van der Waals surface area contributed by atoms with Crippen molar-refractivity contribution < 1.29 is 13.2 Å². The minimum atomic E-state index is -4.38. The zero-order chi connectivity index (χ0) is 14.9. The third-order valence-electron chi connectivity index (χ3n) is 2.62. The Balaban J connectivity index is 2.36. The average Bonchev–Trinajstić information content (AvgIpc) is 2.94. The number of halogens is 4. The number of hydrogen-bond donors (Lipinski definition) is 1. The summed E-state index contributed by atoms with van der Waals surface area (Å²) in [5.41, 5.74) is 1.08. The summed E-state index contributed by atoms with van der Waals surface area (Å²) in [5, 5.41) is 2.41. The third kappa shape index (κ3) is 3.41. The molecule has 1 N–H and O–H groups in total. The first-order chi connectivity index (χ1) is 9.32. The highest BCUT2D eigenvalue weighted by Crippen LogP contribution is 2.39. The lowest BCUT2D eigenvalue weighted by atomic mass is 10.2. The van der Waals surface area contributed by atoms with Gasteiger partial charge in [-0.15, -0.1) is 22.7 Å². The molecule has 0 aliphatic heterocycles. The number of nitrogens with zero attached hydrogens (tertiary/aromatic N) is 1. The van der Waals surface area contributed by atoms with E-state index in [1.165, 1.54) is 17.5 Å². The van der Waals surface area contributed by atoms with Crippen LogP contribution in [0.25, 0.3) is 0 Å². The van der Waals surface area contributed by atoms with E-state index in [1.807, 2.05) is 19.9 Å². The predicted octanol–water partition coefficient (Wildman–Crippen LogP) is 4.99. The van der Waals surface area contributed by atoms with Crippen molar-refractivity contribution in [2.24, 2.45) is 0 Å². The number of aromatic nitrogens is 1. The maximum atomic E-state index is 12.6. The van der Waals surface area contributed by atoms with Crippen molar-refractivity contribution >= 4 is 38.6 Å². The molecule has 0 fully saturated rings. The van der Waals surface area contributed by atoms with E-state index in [1.54, 1.807) is 0 Å². The van der Waals surface area contributed by atoms with Crippen molar-refractivity contribution in [1.82, 2.24) is 10.3 Å². The summed E-state index contributed by atoms with van der Waals surface area (Å²) in [6, 6.07) is 1.73. The zero-order valence-corrected chi connectivity index (χ0v) is 13.9. The van der Waals surface area contributed by atoms with Gasteiger partial charge in [-0.3, -0.25) is 0 Å². The summed E-state index contributed by atoms with van der Waals surface area (Å²) in [7, 11) is 0. The zero-order valence-electron chi connectivity index (χ0n) is 10.7. The molecule has 20 heavy (non-hydrogen) atoms. The first-order valence-corrected chi connectivity index (χ1v) is 8.27. The molecule has 0 saturated heterocycles. The number of thiazole rings is 1. The topological polar surface area (TPSA) is 24.9 Å². The second kappa shape index (κ2) is 6.13. The van der Waals surface area contributed by atoms with Crippen LogP contribution in [0.2, 0.25) is 0 Å². The highest BCUT2D eigenvalue weighted by molar-refractivity contribution is 9.11. The summed E-state index contributed by atoms with van der Waals surface area (Å²) in [5.74, 6) is 0. The molecule has 2 rings (SSSR count). The Morgan fingerprint density at radius 3 is 2.50 bits per heavy atom. The van der Waals surface area contributed by atoms with Gasteiger partial charge >= 0.3 is 6.18 Å². The molecule has 2 nitrogen and oxygen atoms in total. The molecule has 2 aromatic rings. The smallest absolute Gasteiger partial charge is 0.305 e. The van der Waals surface area contributed by atoms with Gasteiger partial charge in [0, 0.05) is 16.0 Å². The fourth-order valence-corrected chi connectivity index (χ4v) is 4.34. The molecule has 1 atom stereocenters. The Bertz CT molecular complexity index is 572. The van der Waals surface area contributed by atoms with E-state index in [4.69, 9.17) is 0 Å². The van der Waals surface area contributed by atoms with Crippen LogP contribution >= 0.6 is 38.6 Å². The third-order valence-corrected chi connectivity index (χ3v) is 5.93. The Labute approximate surface area is 131 Å². The van der Waals surface area contributed by atoms with Crippen molar-refractivity contribution in [2.45, 2.75) is 26.1 Å². The van der Waals surface area contributed by atoms with Crippen molar-refractivity contribution in [3.05, 3.63) is 36.4 Å². The Hall–Kier alpha value is -0.440. The summed E-state index contributed by atoms with van der Waals surface area (Å²) in [6.07, 6.45) is -3.07. The van der Waals surface area contributed by atoms with E-state index in [2.05, 4.69) is 26.2 Å². The molecule has 2 heterocycles. The number of aryl methyl sites for hydroxylation is 1. The fourth-order valence-electron chi connectivity index (χ4n) is 1.72. The molecule has 0 saturated carbocycles. The minimum absolute atomic E-state index is 0.247. The number of nitrogens with one attached hydrogen (secondary N) is 1. The standard InChI is InChI=1S/C12H12BrF3N2S2/c1-3-17-9(7-4-6(2)10(13)19-7)8-5-18-11(20-8)12(14,15)16/h4-5,9,17H,3H2,1-2H3. The largest absolute Gasteiger partial charge is 0.443 e. The summed E-state index contributed by atoms with van der Waals surface area (Å²) < 4.78 is 38.9. The van der Waals surface area contributed by atoms with Crippen LogP contribution in [0.4, 0.5) is 13.2 Å². The van der Waals surface area contributed by atoms with Crippen molar-refractivity contribution in [2.75, 3.05) is 6.54 Å². The Kier molecular flexibility index (Phi) is 4.88. The van der Waals surface area contributed by atoms with Crippen LogP contribution in [-0.4, -0.2) is 11.5 Å². The molecule has 1 unspecified atom stereocenters. The lowest BCUT2D eigenvalue weighted by Crippen LogP contribution is -2.20. The van der Waals surface area contributed by atoms with Gasteiger partial charge in [0.1, 0.15) is 0 Å². The molecule has 110 valence electrons. The molecule has 0 aromatic carbocycles. The van der Waals surface area contributed by atoms with Gasteiger partial charge in [-0.1, -0.05) is 6.92 Å². The van der Waals surface area contributed by atoms with Gasteiger partial charge in [0.05, 0.1) is 9.83 Å². The average molecular weight is 385 g/mol. The second-order valence-electron chi connectivity index (χ2n) is 4.16. The Morgan fingerprint density at radius 2 is 2.05 bits per heavy atom. The molecule has 0 radical (unpaired) electrons. The highest BCUT2D eigenvalue weighted by Gasteiger charge is 2.35. The predicted molar refractivity (Wildman–Crippen MR) is 79.4 cm³/mol. The van der Waals surface area contributed by atoms with Gasteiger partial charge in [0.25, 0.3) is 0 Å². The number of thiophene rings is 1. The van der Waals surface area contributed by atoms with E-state index in [0.717, 1.165) is 14.2 Å². The van der Waals surface area contributed by atoms with Crippen LogP contribution in [0.3, 0.4) is 0 Å². The fraction of sp³-hybridized carbons (Fsp3) is 0.417. The minimum Gasteiger partial charge on any atom is -0.305 e. The van der Waals surface area contributed by atoms with Crippen LogP contribution in [0.5, 0.6) is 0 Å². The van der Waals surface area contributed by atoms with Gasteiger partial charge < -0.3 is 5.32 Å². The van der Waals surface area contributed by atoms with Crippen LogP contribution in [-0.2, 0) is 6.18 Å². The molecule has 2 aromatic heterocycles. The molecule has 0 amide bonds. The van der Waals surface area contributed by atoms with E-state index in [-0.39, 0.29) is 6.04 Å². The Morgan fingerprint density at radius 1 is 1.35 bits per heavy atom. The van der Waals surface area contributed by atoms with Gasteiger partial charge in [-0.25, -0.2) is 4.98 Å². The summed E-state index contributed by atoms with van der Waals surface area (Å²) >= 11 is 5.66. The SMILES string of the molecule is CCNC(c1cnc(C(F)(F)F)s1)c1cc(C)c(Br)s1. The first kappa shape index (κ1) is 15.9. The van der Waals surface area contributed by atoms with E-state index < -0.39 is 11.2 Å². The molecule has 0 spiro atoms. The van der Waals surface area contributed by atoms with Crippen LogP contribution in [0.15, 0.2) is 16.0 Å². The van der Waals surface area contributed by atoms with Crippen molar-refractivity contribution in [1.29, 1.82) is 0 Å². The van der Waals surface area contributed by atoms with Gasteiger partial charge in [0.15, 0.2) is 5.01 Å². The van der Waals surface area contributed by atoms with Gasteiger partial charge in [0.2, 0.25) is 0 Å². The summed E-state index contributed by atoms with van der Waals surface area (Å²) in [4.78, 5) is 5.05. The maximum absolute atomic E-state index is 12.6. The van der Waals surface area contributed by atoms with Crippen LogP contribution < -0.4 is 5.32 Å². The van der Waals surface area contributed by atoms with Gasteiger partial charge in [-0.2, -0.15) is 13.2 Å². The highest BCUT2D eigenvalue weighted by atomic mass is 79.9. The first-order valence-electron chi connectivity index (χ1n) is 5.85. The van der Waals surface area contributed by atoms with Gasteiger partial charge in [-0.05, 0) is 41.0 Å². The van der Waals surface area contributed by atoms with E-state index in [0.29, 0.717) is 22.8 Å². The molecular weight excluding hydrogens is 373 g/mol.